The third-order valence-corrected chi connectivity index (χ3v) is 9.76. The van der Waals surface area contributed by atoms with E-state index in [4.69, 9.17) is 16.2 Å². The number of carboxylic acid groups (broad SMARTS) is 1. The number of rotatable bonds is 13. The normalized spacial score (nSPS) is 22.2. The van der Waals surface area contributed by atoms with Gasteiger partial charge in [-0.15, -0.1) is 0 Å². The van der Waals surface area contributed by atoms with Gasteiger partial charge in [0.15, 0.2) is 9.84 Å². The molecule has 0 radical (unpaired) electrons. The van der Waals surface area contributed by atoms with Crippen molar-refractivity contribution in [1.29, 1.82) is 0 Å². The Morgan fingerprint density at radius 3 is 2.47 bits per heavy atom. The van der Waals surface area contributed by atoms with Crippen molar-refractivity contribution in [3.8, 4) is 5.75 Å². The molecule has 3 rings (SSSR count). The zero-order valence-electron chi connectivity index (χ0n) is 22.8. The first kappa shape index (κ1) is 30.1. The van der Waals surface area contributed by atoms with Crippen LogP contribution in [0.25, 0.3) is 0 Å². The quantitative estimate of drug-likeness (QED) is 0.277. The molecule has 0 aromatic heterocycles. The molecule has 38 heavy (non-hydrogen) atoms. The Hall–Kier alpha value is -2.46. The molecule has 9 heteroatoms. The molecule has 0 spiro atoms. The van der Waals surface area contributed by atoms with Gasteiger partial charge in [0.25, 0.3) is 0 Å². The average Bonchev–Trinajstić information content (AvgIpc) is 2.99. The monoisotopic (exact) mass is 545 g/mol. The van der Waals surface area contributed by atoms with E-state index in [1.807, 2.05) is 37.3 Å². The number of hydrogen-bond donors (Lipinski definition) is 4. The maximum absolute atomic E-state index is 14.0. The van der Waals surface area contributed by atoms with Crippen LogP contribution in [0.4, 0.5) is 0 Å². The van der Waals surface area contributed by atoms with Crippen LogP contribution in [-0.2, 0) is 21.1 Å². The van der Waals surface area contributed by atoms with Crippen LogP contribution < -0.4 is 21.5 Å². The molecule has 0 saturated heterocycles. The van der Waals surface area contributed by atoms with Crippen molar-refractivity contribution in [2.24, 2.45) is 11.5 Å². The number of aliphatic carboxylic acids is 1. The van der Waals surface area contributed by atoms with Gasteiger partial charge in [-0.3, -0.25) is 10.1 Å². The summed E-state index contributed by atoms with van der Waals surface area (Å²) in [5.74, 6) is -0.751. The summed E-state index contributed by atoms with van der Waals surface area (Å²) >= 11 is 0. The summed E-state index contributed by atoms with van der Waals surface area (Å²) in [6, 6.07) is 12.8. The Balaban J connectivity index is 2.21. The smallest absolute Gasteiger partial charge is 0.324 e. The minimum Gasteiger partial charge on any atom is -0.496 e. The van der Waals surface area contributed by atoms with E-state index < -0.39 is 26.9 Å². The third kappa shape index (κ3) is 6.57. The van der Waals surface area contributed by atoms with E-state index in [9.17, 15) is 18.3 Å². The first-order valence-corrected chi connectivity index (χ1v) is 15.2. The van der Waals surface area contributed by atoms with E-state index in [0.717, 1.165) is 24.8 Å². The first-order chi connectivity index (χ1) is 18.0. The lowest BCUT2D eigenvalue weighted by atomic mass is 9.85. The molecular formula is C29H43N3O5S. The molecule has 2 aromatic rings. The Morgan fingerprint density at radius 1 is 1.18 bits per heavy atom. The van der Waals surface area contributed by atoms with Crippen molar-refractivity contribution in [1.82, 2.24) is 5.32 Å². The first-order valence-electron chi connectivity index (χ1n) is 13.5. The van der Waals surface area contributed by atoms with Gasteiger partial charge < -0.3 is 21.3 Å². The molecule has 6 N–H and O–H groups in total. The Kier molecular flexibility index (Phi) is 9.97. The van der Waals surface area contributed by atoms with E-state index in [-0.39, 0.29) is 29.5 Å². The number of nitrogens with one attached hydrogen (secondary N) is 1. The highest BCUT2D eigenvalue weighted by Crippen LogP contribution is 2.41. The molecule has 0 saturated carbocycles. The van der Waals surface area contributed by atoms with E-state index in [0.29, 0.717) is 42.7 Å². The van der Waals surface area contributed by atoms with Gasteiger partial charge in [0.1, 0.15) is 11.3 Å². The van der Waals surface area contributed by atoms with Crippen LogP contribution in [-0.4, -0.2) is 50.0 Å². The number of unbranched alkanes of at least 4 members (excludes halogenated alkanes) is 2. The zero-order valence-corrected chi connectivity index (χ0v) is 23.6. The Labute approximate surface area is 227 Å². The number of carbonyl (C=O) groups is 1. The minimum atomic E-state index is -3.74. The number of nitrogens with two attached hydrogens (primary N) is 2. The van der Waals surface area contributed by atoms with Crippen LogP contribution in [0.3, 0.4) is 0 Å². The van der Waals surface area contributed by atoms with Crippen molar-refractivity contribution in [3.05, 3.63) is 59.2 Å². The lowest BCUT2D eigenvalue weighted by Crippen LogP contribution is -2.50. The van der Waals surface area contributed by atoms with E-state index in [2.05, 4.69) is 12.2 Å². The SMILES string of the molecule is CCCC[C@]1(CC)CS(=O)(=O)c2cc(C[C@](N)(CCCCN)C(=O)O)c(OC)cc2[C@@H](c2ccccc2)N1. The Morgan fingerprint density at radius 2 is 1.89 bits per heavy atom. The van der Waals surface area contributed by atoms with E-state index >= 15 is 0 Å². The number of ether oxygens (including phenoxy) is 1. The van der Waals surface area contributed by atoms with E-state index in [1.54, 1.807) is 12.1 Å². The fourth-order valence-corrected chi connectivity index (χ4v) is 7.62. The van der Waals surface area contributed by atoms with Gasteiger partial charge in [-0.05, 0) is 67.5 Å². The molecule has 1 aliphatic rings. The van der Waals surface area contributed by atoms with Crippen LogP contribution in [0.5, 0.6) is 5.75 Å². The number of hydrogen-bond acceptors (Lipinski definition) is 7. The topological polar surface area (TPSA) is 145 Å². The summed E-state index contributed by atoms with van der Waals surface area (Å²) in [6.07, 6.45) is 4.62. The van der Waals surface area contributed by atoms with Crippen molar-refractivity contribution >= 4 is 15.8 Å². The molecule has 0 aliphatic carbocycles. The lowest BCUT2D eigenvalue weighted by molar-refractivity contribution is -0.143. The van der Waals surface area contributed by atoms with Crippen LogP contribution in [0.15, 0.2) is 47.4 Å². The number of methoxy groups -OCH3 is 1. The molecule has 0 unspecified atom stereocenters. The summed E-state index contributed by atoms with van der Waals surface area (Å²) in [7, 11) is -2.23. The summed E-state index contributed by atoms with van der Waals surface area (Å²) in [5.41, 5.74) is 11.8. The predicted octanol–water partition coefficient (Wildman–Crippen LogP) is 3.95. The molecular weight excluding hydrogens is 502 g/mol. The van der Waals surface area contributed by atoms with Crippen LogP contribution in [0, 0.1) is 0 Å². The molecule has 210 valence electrons. The van der Waals surface area contributed by atoms with Crippen molar-refractivity contribution in [2.75, 3.05) is 19.4 Å². The minimum absolute atomic E-state index is 0.0399. The number of carboxylic acids is 1. The Bertz CT molecular complexity index is 1200. The number of fused-ring (bicyclic) bond motifs is 1. The van der Waals surface area contributed by atoms with Gasteiger partial charge in [-0.25, -0.2) is 8.42 Å². The summed E-state index contributed by atoms with van der Waals surface area (Å²) in [4.78, 5) is 12.4. The summed E-state index contributed by atoms with van der Waals surface area (Å²) in [5, 5.41) is 13.7. The number of sulfone groups is 1. The van der Waals surface area contributed by atoms with Gasteiger partial charge in [0, 0.05) is 12.0 Å². The van der Waals surface area contributed by atoms with Crippen molar-refractivity contribution < 1.29 is 23.1 Å². The van der Waals surface area contributed by atoms with Crippen LogP contribution >= 0.6 is 0 Å². The molecule has 0 amide bonds. The van der Waals surface area contributed by atoms with Gasteiger partial charge in [-0.1, -0.05) is 57.0 Å². The summed E-state index contributed by atoms with van der Waals surface area (Å²) < 4.78 is 33.8. The van der Waals surface area contributed by atoms with E-state index in [1.165, 1.54) is 7.11 Å². The maximum atomic E-state index is 14.0. The maximum Gasteiger partial charge on any atom is 0.324 e. The third-order valence-electron chi connectivity index (χ3n) is 7.80. The molecule has 3 atom stereocenters. The second-order valence-corrected chi connectivity index (χ2v) is 12.5. The van der Waals surface area contributed by atoms with Crippen LogP contribution in [0.2, 0.25) is 0 Å². The van der Waals surface area contributed by atoms with Crippen molar-refractivity contribution in [3.63, 3.8) is 0 Å². The highest BCUT2D eigenvalue weighted by Gasteiger charge is 2.43. The predicted molar refractivity (Wildman–Crippen MR) is 150 cm³/mol. The average molecular weight is 546 g/mol. The molecule has 1 aliphatic heterocycles. The van der Waals surface area contributed by atoms with Crippen LogP contribution in [0.1, 0.15) is 81.5 Å². The van der Waals surface area contributed by atoms with Gasteiger partial charge in [0.05, 0.1) is 23.8 Å². The van der Waals surface area contributed by atoms with Gasteiger partial charge in [-0.2, -0.15) is 0 Å². The molecule has 0 fully saturated rings. The lowest BCUT2D eigenvalue weighted by Gasteiger charge is -2.36. The van der Waals surface area contributed by atoms with Gasteiger partial charge >= 0.3 is 5.97 Å². The number of benzene rings is 2. The second-order valence-electron chi connectivity index (χ2n) is 10.6. The second kappa shape index (κ2) is 12.6. The molecule has 2 aromatic carbocycles. The largest absolute Gasteiger partial charge is 0.496 e. The van der Waals surface area contributed by atoms with Gasteiger partial charge in [0.2, 0.25) is 0 Å². The zero-order chi connectivity index (χ0) is 28.0. The fraction of sp³-hybridized carbons (Fsp3) is 0.552. The highest BCUT2D eigenvalue weighted by atomic mass is 32.2. The summed E-state index contributed by atoms with van der Waals surface area (Å²) in [6.45, 7) is 4.57. The van der Waals surface area contributed by atoms with Crippen molar-refractivity contribution in [2.45, 2.75) is 87.2 Å². The standard InChI is InChI=1S/C29H43N3O5S/c1-4-6-14-28(5-2)20-38(35,36)25-17-22(19-29(31,27(33)34)15-10-11-16-30)24(37-3)18-23(25)26(32-28)21-12-8-7-9-13-21/h7-9,12-13,17-18,26,32H,4-6,10-11,14-16,19-20,30-31H2,1-3H3,(H,33,34)/t26-,28-,29-/m1/s1. The molecule has 1 heterocycles. The highest BCUT2D eigenvalue weighted by molar-refractivity contribution is 7.91. The molecule has 8 nitrogen and oxygen atoms in total. The fourth-order valence-electron chi connectivity index (χ4n) is 5.45. The molecule has 0 bridgehead atoms.